The van der Waals surface area contributed by atoms with E-state index in [1.54, 1.807) is 11.8 Å². The summed E-state index contributed by atoms with van der Waals surface area (Å²) in [6.45, 7) is 4.97. The molecule has 5 nitrogen and oxygen atoms in total. The molecule has 1 aromatic rings. The number of nitrogens with one attached hydrogen (secondary N) is 1. The van der Waals surface area contributed by atoms with Crippen LogP contribution in [0.2, 0.25) is 0 Å². The Balaban J connectivity index is 1.86. The molecule has 1 aliphatic rings. The SMILES string of the molecule is C=CCSc1nnc(NC(=O)C2CCOCC2)s1. The second-order valence-corrected chi connectivity index (χ2v) is 6.09. The molecule has 1 aliphatic heterocycles. The highest BCUT2D eigenvalue weighted by atomic mass is 32.2. The number of hydrogen-bond donors (Lipinski definition) is 1. The first-order valence-corrected chi connectivity index (χ1v) is 7.55. The Kier molecular flexibility index (Phi) is 5.15. The van der Waals surface area contributed by atoms with Crippen LogP contribution in [0.3, 0.4) is 0 Å². The molecular weight excluding hydrogens is 270 g/mol. The molecule has 1 N–H and O–H groups in total. The molecule has 2 rings (SSSR count). The van der Waals surface area contributed by atoms with Gasteiger partial charge >= 0.3 is 0 Å². The highest BCUT2D eigenvalue weighted by Gasteiger charge is 2.22. The lowest BCUT2D eigenvalue weighted by atomic mass is 10.00. The lowest BCUT2D eigenvalue weighted by molar-refractivity contribution is -0.122. The molecule has 2 heterocycles. The van der Waals surface area contributed by atoms with E-state index in [2.05, 4.69) is 22.1 Å². The Morgan fingerprint density at radius 2 is 2.33 bits per heavy atom. The first-order chi connectivity index (χ1) is 8.79. The Labute approximate surface area is 114 Å². The minimum absolute atomic E-state index is 0.0229. The van der Waals surface area contributed by atoms with Crippen LogP contribution in [-0.2, 0) is 9.53 Å². The van der Waals surface area contributed by atoms with Crippen LogP contribution in [0.4, 0.5) is 5.13 Å². The van der Waals surface area contributed by atoms with E-state index >= 15 is 0 Å². The van der Waals surface area contributed by atoms with Crippen molar-refractivity contribution in [3.63, 3.8) is 0 Å². The fourth-order valence-electron chi connectivity index (χ4n) is 1.62. The molecule has 0 saturated carbocycles. The second kappa shape index (κ2) is 6.86. The van der Waals surface area contributed by atoms with E-state index in [4.69, 9.17) is 4.74 Å². The Hall–Kier alpha value is -0.920. The van der Waals surface area contributed by atoms with Gasteiger partial charge in [-0.05, 0) is 12.8 Å². The van der Waals surface area contributed by atoms with Gasteiger partial charge in [0, 0.05) is 24.9 Å². The number of anilines is 1. The third kappa shape index (κ3) is 3.79. The van der Waals surface area contributed by atoms with Crippen molar-refractivity contribution in [2.45, 2.75) is 17.2 Å². The summed E-state index contributed by atoms with van der Waals surface area (Å²) in [6, 6.07) is 0. The molecule has 1 aromatic heterocycles. The van der Waals surface area contributed by atoms with Gasteiger partial charge in [-0.2, -0.15) is 0 Å². The van der Waals surface area contributed by atoms with E-state index in [0.717, 1.165) is 22.9 Å². The van der Waals surface area contributed by atoms with Crippen molar-refractivity contribution in [2.75, 3.05) is 24.3 Å². The predicted octanol–water partition coefficient (Wildman–Crippen LogP) is 2.18. The van der Waals surface area contributed by atoms with Crippen LogP contribution in [0.5, 0.6) is 0 Å². The minimum atomic E-state index is 0.0229. The maximum atomic E-state index is 11.9. The third-order valence-electron chi connectivity index (χ3n) is 2.55. The zero-order chi connectivity index (χ0) is 12.8. The third-order valence-corrected chi connectivity index (χ3v) is 4.52. The van der Waals surface area contributed by atoms with Gasteiger partial charge in [-0.25, -0.2) is 0 Å². The summed E-state index contributed by atoms with van der Waals surface area (Å²) in [7, 11) is 0. The summed E-state index contributed by atoms with van der Waals surface area (Å²) in [5.74, 6) is 0.851. The predicted molar refractivity (Wildman–Crippen MR) is 73.0 cm³/mol. The van der Waals surface area contributed by atoms with Crippen molar-refractivity contribution in [1.82, 2.24) is 10.2 Å². The molecule has 18 heavy (non-hydrogen) atoms. The summed E-state index contributed by atoms with van der Waals surface area (Å²) >= 11 is 2.95. The van der Waals surface area contributed by atoms with Gasteiger partial charge in [0.2, 0.25) is 11.0 Å². The number of nitrogens with zero attached hydrogens (tertiary/aromatic N) is 2. The molecule has 0 spiro atoms. The topological polar surface area (TPSA) is 64.1 Å². The van der Waals surface area contributed by atoms with Crippen molar-refractivity contribution in [2.24, 2.45) is 5.92 Å². The molecule has 0 bridgehead atoms. The number of carbonyl (C=O) groups excluding carboxylic acids is 1. The Morgan fingerprint density at radius 1 is 1.56 bits per heavy atom. The molecule has 1 fully saturated rings. The quantitative estimate of drug-likeness (QED) is 0.510. The first kappa shape index (κ1) is 13.5. The Morgan fingerprint density at radius 3 is 3.06 bits per heavy atom. The van der Waals surface area contributed by atoms with Crippen LogP contribution < -0.4 is 5.32 Å². The van der Waals surface area contributed by atoms with E-state index < -0.39 is 0 Å². The van der Waals surface area contributed by atoms with Crippen molar-refractivity contribution in [3.8, 4) is 0 Å². The molecule has 98 valence electrons. The molecule has 7 heteroatoms. The summed E-state index contributed by atoms with van der Waals surface area (Å²) < 4.78 is 6.08. The van der Waals surface area contributed by atoms with Gasteiger partial charge in [-0.1, -0.05) is 29.2 Å². The average Bonchev–Trinajstić information content (AvgIpc) is 2.85. The van der Waals surface area contributed by atoms with Crippen LogP contribution >= 0.6 is 23.1 Å². The molecule has 1 amide bonds. The van der Waals surface area contributed by atoms with Gasteiger partial charge in [0.1, 0.15) is 0 Å². The molecule has 0 aromatic carbocycles. The van der Waals surface area contributed by atoms with Crippen molar-refractivity contribution < 1.29 is 9.53 Å². The summed E-state index contributed by atoms with van der Waals surface area (Å²) in [6.07, 6.45) is 3.37. The lowest BCUT2D eigenvalue weighted by Crippen LogP contribution is -2.28. The van der Waals surface area contributed by atoms with Gasteiger partial charge < -0.3 is 10.1 Å². The van der Waals surface area contributed by atoms with Gasteiger partial charge in [0.15, 0.2) is 4.34 Å². The standard InChI is InChI=1S/C11H15N3O2S2/c1-2-7-17-11-14-13-10(18-11)12-9(15)8-3-5-16-6-4-8/h2,8H,1,3-7H2,(H,12,13,15). The maximum absolute atomic E-state index is 11.9. The Bertz CT molecular complexity index is 416. The number of thioether (sulfide) groups is 1. The van der Waals surface area contributed by atoms with Gasteiger partial charge in [0.25, 0.3) is 0 Å². The van der Waals surface area contributed by atoms with Crippen LogP contribution in [0.1, 0.15) is 12.8 Å². The fraction of sp³-hybridized carbons (Fsp3) is 0.545. The normalized spacial score (nSPS) is 16.4. The summed E-state index contributed by atoms with van der Waals surface area (Å²) in [5.41, 5.74) is 0. The number of hydrogen-bond acceptors (Lipinski definition) is 6. The molecule has 1 saturated heterocycles. The fourth-order valence-corrected chi connectivity index (χ4v) is 3.13. The summed E-state index contributed by atoms with van der Waals surface area (Å²) in [4.78, 5) is 11.9. The van der Waals surface area contributed by atoms with Crippen molar-refractivity contribution in [3.05, 3.63) is 12.7 Å². The highest BCUT2D eigenvalue weighted by molar-refractivity contribution is 8.01. The van der Waals surface area contributed by atoms with Crippen LogP contribution in [0, 0.1) is 5.92 Å². The number of amides is 1. The zero-order valence-corrected chi connectivity index (χ0v) is 11.6. The smallest absolute Gasteiger partial charge is 0.229 e. The van der Waals surface area contributed by atoms with E-state index in [0.29, 0.717) is 18.3 Å². The number of aromatic nitrogens is 2. The minimum Gasteiger partial charge on any atom is -0.381 e. The van der Waals surface area contributed by atoms with Gasteiger partial charge in [-0.15, -0.1) is 16.8 Å². The highest BCUT2D eigenvalue weighted by Crippen LogP contribution is 2.26. The first-order valence-electron chi connectivity index (χ1n) is 5.75. The summed E-state index contributed by atoms with van der Waals surface area (Å²) in [5, 5.41) is 11.3. The van der Waals surface area contributed by atoms with Gasteiger partial charge in [-0.3, -0.25) is 4.79 Å². The van der Waals surface area contributed by atoms with E-state index in [1.807, 2.05) is 6.08 Å². The van der Waals surface area contributed by atoms with E-state index in [-0.39, 0.29) is 11.8 Å². The van der Waals surface area contributed by atoms with E-state index in [9.17, 15) is 4.79 Å². The molecule has 0 unspecified atom stereocenters. The lowest BCUT2D eigenvalue weighted by Gasteiger charge is -2.20. The number of ether oxygens (including phenoxy) is 1. The average molecular weight is 285 g/mol. The van der Waals surface area contributed by atoms with Gasteiger partial charge in [0.05, 0.1) is 0 Å². The maximum Gasteiger partial charge on any atom is 0.229 e. The molecule has 0 aliphatic carbocycles. The van der Waals surface area contributed by atoms with Crippen LogP contribution in [-0.4, -0.2) is 35.1 Å². The van der Waals surface area contributed by atoms with E-state index in [1.165, 1.54) is 11.3 Å². The van der Waals surface area contributed by atoms with Crippen molar-refractivity contribution >= 4 is 34.1 Å². The number of carbonyl (C=O) groups is 1. The van der Waals surface area contributed by atoms with Crippen molar-refractivity contribution in [1.29, 1.82) is 0 Å². The molecular formula is C11H15N3O2S2. The monoisotopic (exact) mass is 285 g/mol. The number of rotatable bonds is 5. The largest absolute Gasteiger partial charge is 0.381 e. The van der Waals surface area contributed by atoms with Crippen LogP contribution in [0.25, 0.3) is 0 Å². The molecule has 0 atom stereocenters. The van der Waals surface area contributed by atoms with Crippen LogP contribution in [0.15, 0.2) is 17.0 Å². The zero-order valence-electron chi connectivity index (χ0n) is 9.92. The second-order valence-electron chi connectivity index (χ2n) is 3.85. The molecule has 0 radical (unpaired) electrons.